The van der Waals surface area contributed by atoms with Gasteiger partial charge in [0, 0.05) is 24.7 Å². The molecule has 0 bridgehead atoms. The first-order valence-corrected chi connectivity index (χ1v) is 8.84. The third-order valence-electron chi connectivity index (χ3n) is 3.50. The van der Waals surface area contributed by atoms with Crippen LogP contribution in [0.2, 0.25) is 5.15 Å². The first kappa shape index (κ1) is 19.2. The quantitative estimate of drug-likeness (QED) is 0.468. The van der Waals surface area contributed by atoms with Crippen molar-refractivity contribution in [1.82, 2.24) is 20.6 Å². The van der Waals surface area contributed by atoms with Crippen molar-refractivity contribution in [3.63, 3.8) is 0 Å². The second kappa shape index (κ2) is 8.85. The van der Waals surface area contributed by atoms with Crippen LogP contribution in [-0.4, -0.2) is 29.0 Å². The lowest BCUT2D eigenvalue weighted by molar-refractivity contribution is 0.383. The summed E-state index contributed by atoms with van der Waals surface area (Å²) >= 11 is 5.80. The molecular weight excluding hydrogens is 338 g/mol. The maximum atomic E-state index is 5.80. The average molecular weight is 364 g/mol. The minimum absolute atomic E-state index is 0.0513. The van der Waals surface area contributed by atoms with E-state index in [4.69, 9.17) is 16.0 Å². The Bertz CT molecular complexity index is 688. The lowest BCUT2D eigenvalue weighted by Crippen LogP contribution is -2.38. The number of nitrogens with one attached hydrogen (secondary N) is 2. The summed E-state index contributed by atoms with van der Waals surface area (Å²) in [4.78, 5) is 12.9. The highest BCUT2D eigenvalue weighted by Gasteiger charge is 2.18. The predicted octanol–water partition coefficient (Wildman–Crippen LogP) is 3.32. The van der Waals surface area contributed by atoms with Crippen LogP contribution in [0.4, 0.5) is 0 Å². The highest BCUT2D eigenvalue weighted by atomic mass is 35.5. The number of aliphatic imine (C=N–C) groups is 1. The van der Waals surface area contributed by atoms with Crippen molar-refractivity contribution in [2.75, 3.05) is 13.1 Å². The summed E-state index contributed by atoms with van der Waals surface area (Å²) in [6.07, 6.45) is 4.40. The largest absolute Gasteiger partial charge is 0.443 e. The molecule has 2 aromatic rings. The van der Waals surface area contributed by atoms with Crippen LogP contribution >= 0.6 is 11.6 Å². The van der Waals surface area contributed by atoms with Gasteiger partial charge in [0.05, 0.1) is 6.20 Å². The van der Waals surface area contributed by atoms with Crippen LogP contribution in [0.25, 0.3) is 0 Å². The topological polar surface area (TPSA) is 75.3 Å². The molecule has 2 N–H and O–H groups in total. The molecule has 0 saturated carbocycles. The van der Waals surface area contributed by atoms with Gasteiger partial charge in [-0.15, -0.1) is 0 Å². The van der Waals surface area contributed by atoms with Gasteiger partial charge in [-0.25, -0.2) is 15.0 Å². The van der Waals surface area contributed by atoms with Crippen molar-refractivity contribution in [2.45, 2.75) is 46.1 Å². The molecule has 2 heterocycles. The summed E-state index contributed by atoms with van der Waals surface area (Å²) in [6, 6.07) is 3.77. The third kappa shape index (κ3) is 6.38. The standard InChI is InChI=1S/C18H26ClN5O/c1-5-20-17(21-9-8-13-6-7-15(19)22-10-13)24-12-16-23-11-14(25-16)18(2,3)4/h6-7,10-11H,5,8-9,12H2,1-4H3,(H2,20,21,24). The number of hydrogen-bond donors (Lipinski definition) is 2. The number of halogens is 1. The molecule has 0 atom stereocenters. The second-order valence-corrected chi connectivity index (χ2v) is 7.12. The molecule has 0 aliphatic rings. The van der Waals surface area contributed by atoms with Gasteiger partial charge in [0.25, 0.3) is 0 Å². The van der Waals surface area contributed by atoms with Crippen molar-refractivity contribution in [2.24, 2.45) is 4.99 Å². The van der Waals surface area contributed by atoms with E-state index in [0.717, 1.165) is 36.8 Å². The summed E-state index contributed by atoms with van der Waals surface area (Å²) in [6.45, 7) is 10.2. The Labute approximate surface area is 154 Å². The van der Waals surface area contributed by atoms with Gasteiger partial charge in [-0.05, 0) is 25.0 Å². The molecule has 0 saturated heterocycles. The molecule has 0 spiro atoms. The Balaban J connectivity index is 1.89. The van der Waals surface area contributed by atoms with E-state index < -0.39 is 0 Å². The van der Waals surface area contributed by atoms with Crippen LogP contribution < -0.4 is 10.6 Å². The molecule has 25 heavy (non-hydrogen) atoms. The first-order valence-electron chi connectivity index (χ1n) is 8.46. The summed E-state index contributed by atoms with van der Waals surface area (Å²) in [5, 5.41) is 7.02. The molecule has 0 aromatic carbocycles. The van der Waals surface area contributed by atoms with Crippen molar-refractivity contribution in [1.29, 1.82) is 0 Å². The molecule has 2 rings (SSSR count). The molecule has 6 nitrogen and oxygen atoms in total. The van der Waals surface area contributed by atoms with E-state index in [1.165, 1.54) is 0 Å². The normalized spacial score (nSPS) is 12.3. The lowest BCUT2D eigenvalue weighted by atomic mass is 9.94. The van der Waals surface area contributed by atoms with Gasteiger partial charge in [-0.1, -0.05) is 38.4 Å². The Morgan fingerprint density at radius 3 is 2.60 bits per heavy atom. The zero-order valence-corrected chi connectivity index (χ0v) is 16.0. The molecule has 0 aliphatic carbocycles. The number of hydrogen-bond acceptors (Lipinski definition) is 4. The monoisotopic (exact) mass is 363 g/mol. The minimum atomic E-state index is -0.0513. The van der Waals surface area contributed by atoms with Gasteiger partial charge in [-0.3, -0.25) is 0 Å². The highest BCUT2D eigenvalue weighted by molar-refractivity contribution is 6.29. The smallest absolute Gasteiger partial charge is 0.216 e. The van der Waals surface area contributed by atoms with Gasteiger partial charge >= 0.3 is 0 Å². The molecule has 136 valence electrons. The van der Waals surface area contributed by atoms with Crippen molar-refractivity contribution in [3.05, 3.63) is 46.9 Å². The van der Waals surface area contributed by atoms with Gasteiger partial charge < -0.3 is 15.1 Å². The lowest BCUT2D eigenvalue weighted by Gasteiger charge is -2.13. The highest BCUT2D eigenvalue weighted by Crippen LogP contribution is 2.22. The predicted molar refractivity (Wildman–Crippen MR) is 101 cm³/mol. The Morgan fingerprint density at radius 1 is 1.20 bits per heavy atom. The average Bonchev–Trinajstić information content (AvgIpc) is 3.04. The van der Waals surface area contributed by atoms with E-state index in [0.29, 0.717) is 17.6 Å². The molecule has 0 amide bonds. The van der Waals surface area contributed by atoms with E-state index >= 15 is 0 Å². The van der Waals surface area contributed by atoms with E-state index in [-0.39, 0.29) is 5.41 Å². The van der Waals surface area contributed by atoms with E-state index in [1.807, 2.05) is 13.0 Å². The van der Waals surface area contributed by atoms with Crippen molar-refractivity contribution in [3.8, 4) is 0 Å². The van der Waals surface area contributed by atoms with Gasteiger partial charge in [0.15, 0.2) is 5.96 Å². The fraction of sp³-hybridized carbons (Fsp3) is 0.500. The maximum Gasteiger partial charge on any atom is 0.216 e. The molecule has 2 aromatic heterocycles. The summed E-state index contributed by atoms with van der Waals surface area (Å²) in [7, 11) is 0. The molecule has 0 radical (unpaired) electrons. The molecule has 7 heteroatoms. The number of guanidine groups is 1. The maximum absolute atomic E-state index is 5.80. The Morgan fingerprint density at radius 2 is 2.00 bits per heavy atom. The third-order valence-corrected chi connectivity index (χ3v) is 3.73. The van der Waals surface area contributed by atoms with Crippen LogP contribution in [0, 0.1) is 0 Å². The van der Waals surface area contributed by atoms with Crippen molar-refractivity contribution >= 4 is 17.6 Å². The fourth-order valence-electron chi connectivity index (χ4n) is 2.10. The number of rotatable bonds is 6. The fourth-order valence-corrected chi connectivity index (χ4v) is 2.21. The number of oxazole rings is 1. The van der Waals surface area contributed by atoms with Gasteiger partial charge in [0.2, 0.25) is 5.89 Å². The van der Waals surface area contributed by atoms with Crippen LogP contribution in [0.1, 0.15) is 44.9 Å². The SMILES string of the molecule is CCNC(=NCc1ncc(C(C)(C)C)o1)NCCc1ccc(Cl)nc1. The summed E-state index contributed by atoms with van der Waals surface area (Å²) < 4.78 is 5.77. The van der Waals surface area contributed by atoms with E-state index in [9.17, 15) is 0 Å². The van der Waals surface area contributed by atoms with E-state index in [1.54, 1.807) is 18.5 Å². The van der Waals surface area contributed by atoms with Crippen LogP contribution in [0.5, 0.6) is 0 Å². The first-order chi connectivity index (χ1) is 11.9. The van der Waals surface area contributed by atoms with Gasteiger partial charge in [0.1, 0.15) is 17.5 Å². The van der Waals surface area contributed by atoms with Crippen LogP contribution in [-0.2, 0) is 18.4 Å². The number of nitrogens with zero attached hydrogens (tertiary/aromatic N) is 3. The van der Waals surface area contributed by atoms with Gasteiger partial charge in [-0.2, -0.15) is 0 Å². The minimum Gasteiger partial charge on any atom is -0.443 e. The molecule has 0 unspecified atom stereocenters. The van der Waals surface area contributed by atoms with Crippen LogP contribution in [0.15, 0.2) is 33.9 Å². The number of aromatic nitrogens is 2. The Kier molecular flexibility index (Phi) is 6.82. The number of pyridine rings is 1. The Hall–Kier alpha value is -2.08. The zero-order chi connectivity index (χ0) is 18.3. The second-order valence-electron chi connectivity index (χ2n) is 6.73. The van der Waals surface area contributed by atoms with Crippen molar-refractivity contribution < 1.29 is 4.42 Å². The zero-order valence-electron chi connectivity index (χ0n) is 15.3. The summed E-state index contributed by atoms with van der Waals surface area (Å²) in [5.74, 6) is 2.22. The molecule has 0 aliphatic heterocycles. The molecular formula is C18H26ClN5O. The van der Waals surface area contributed by atoms with Crippen LogP contribution in [0.3, 0.4) is 0 Å². The summed E-state index contributed by atoms with van der Waals surface area (Å²) in [5.41, 5.74) is 1.07. The van der Waals surface area contributed by atoms with E-state index in [2.05, 4.69) is 46.4 Å². The molecule has 0 fully saturated rings.